The fourth-order valence-corrected chi connectivity index (χ4v) is 4.97. The number of nitrogens with zero attached hydrogens (tertiary/aromatic N) is 3. The lowest BCUT2D eigenvalue weighted by Gasteiger charge is -2.14. The van der Waals surface area contributed by atoms with Crippen LogP contribution in [0.4, 0.5) is 4.39 Å². The predicted octanol–water partition coefficient (Wildman–Crippen LogP) is 4.43. The van der Waals surface area contributed by atoms with Gasteiger partial charge in [-0.3, -0.25) is 4.79 Å². The second-order valence-electron chi connectivity index (χ2n) is 7.76. The SMILES string of the molecule is COc1cc(F)ccc1-c1nc(C)c(CC(=O)OCc2ccc3c(c2)nc2n3CCOC2)s1. The number of rotatable bonds is 6. The molecule has 33 heavy (non-hydrogen) atoms. The molecule has 2 aromatic carbocycles. The van der Waals surface area contributed by atoms with E-state index in [1.807, 2.05) is 25.1 Å². The smallest absolute Gasteiger partial charge is 0.311 e. The molecule has 7 nitrogen and oxygen atoms in total. The molecule has 0 saturated carbocycles. The van der Waals surface area contributed by atoms with E-state index in [-0.39, 0.29) is 24.8 Å². The highest BCUT2D eigenvalue weighted by atomic mass is 32.1. The Morgan fingerprint density at radius 1 is 1.24 bits per heavy atom. The zero-order chi connectivity index (χ0) is 22.9. The highest BCUT2D eigenvalue weighted by Crippen LogP contribution is 2.35. The lowest BCUT2D eigenvalue weighted by atomic mass is 10.2. The monoisotopic (exact) mass is 467 g/mol. The summed E-state index contributed by atoms with van der Waals surface area (Å²) in [6.07, 6.45) is 0.116. The van der Waals surface area contributed by atoms with Crippen molar-refractivity contribution in [3.05, 3.63) is 64.2 Å². The maximum atomic E-state index is 13.5. The second kappa shape index (κ2) is 8.92. The molecular formula is C24H22FN3O4S. The molecule has 0 N–H and O–H groups in total. The largest absolute Gasteiger partial charge is 0.496 e. The highest BCUT2D eigenvalue weighted by molar-refractivity contribution is 7.15. The van der Waals surface area contributed by atoms with E-state index in [0.717, 1.165) is 39.5 Å². The molecule has 2 aromatic heterocycles. The van der Waals surface area contributed by atoms with Crippen LogP contribution in [0.25, 0.3) is 21.6 Å². The van der Waals surface area contributed by atoms with E-state index in [0.29, 0.717) is 29.5 Å². The number of benzene rings is 2. The predicted molar refractivity (Wildman–Crippen MR) is 122 cm³/mol. The maximum Gasteiger partial charge on any atom is 0.311 e. The molecule has 9 heteroatoms. The van der Waals surface area contributed by atoms with Crippen molar-refractivity contribution in [2.24, 2.45) is 0 Å². The number of aromatic nitrogens is 3. The molecule has 0 aliphatic carbocycles. The van der Waals surface area contributed by atoms with Crippen molar-refractivity contribution in [1.29, 1.82) is 0 Å². The number of thiazole rings is 1. The Kier molecular flexibility index (Phi) is 5.82. The van der Waals surface area contributed by atoms with E-state index in [1.165, 1.54) is 30.6 Å². The average Bonchev–Trinajstić information content (AvgIpc) is 3.37. The van der Waals surface area contributed by atoms with Gasteiger partial charge < -0.3 is 18.8 Å². The van der Waals surface area contributed by atoms with Crippen molar-refractivity contribution >= 4 is 28.3 Å². The minimum absolute atomic E-state index is 0.116. The van der Waals surface area contributed by atoms with Gasteiger partial charge in [-0.15, -0.1) is 11.3 Å². The number of hydrogen-bond acceptors (Lipinski definition) is 7. The fraction of sp³-hybridized carbons (Fsp3) is 0.292. The Labute approximate surface area is 193 Å². The van der Waals surface area contributed by atoms with Crippen LogP contribution in [-0.2, 0) is 40.4 Å². The summed E-state index contributed by atoms with van der Waals surface area (Å²) >= 11 is 1.38. The topological polar surface area (TPSA) is 75.5 Å². The van der Waals surface area contributed by atoms with Crippen LogP contribution in [0, 0.1) is 12.7 Å². The zero-order valence-electron chi connectivity index (χ0n) is 18.3. The number of esters is 1. The summed E-state index contributed by atoms with van der Waals surface area (Å²) < 4.78 is 31.9. The first-order chi connectivity index (χ1) is 16.0. The molecule has 0 spiro atoms. The normalized spacial score (nSPS) is 13.2. The van der Waals surface area contributed by atoms with E-state index >= 15 is 0 Å². The van der Waals surface area contributed by atoms with Crippen molar-refractivity contribution in [2.75, 3.05) is 13.7 Å². The van der Waals surface area contributed by atoms with Gasteiger partial charge in [0.25, 0.3) is 0 Å². The van der Waals surface area contributed by atoms with E-state index in [9.17, 15) is 9.18 Å². The van der Waals surface area contributed by atoms with Crippen LogP contribution < -0.4 is 4.74 Å². The molecule has 0 fully saturated rings. The molecule has 4 aromatic rings. The first-order valence-electron chi connectivity index (χ1n) is 10.5. The van der Waals surface area contributed by atoms with Crippen molar-refractivity contribution in [3.8, 4) is 16.3 Å². The maximum absolute atomic E-state index is 13.5. The van der Waals surface area contributed by atoms with Gasteiger partial charge in [0.2, 0.25) is 0 Å². The summed E-state index contributed by atoms with van der Waals surface area (Å²) in [6.45, 7) is 4.00. The van der Waals surface area contributed by atoms with Crippen LogP contribution in [0.2, 0.25) is 0 Å². The van der Waals surface area contributed by atoms with Crippen molar-refractivity contribution in [1.82, 2.24) is 14.5 Å². The number of ether oxygens (including phenoxy) is 3. The van der Waals surface area contributed by atoms with Crippen LogP contribution >= 0.6 is 11.3 Å². The van der Waals surface area contributed by atoms with Gasteiger partial charge in [-0.25, -0.2) is 14.4 Å². The third-order valence-electron chi connectivity index (χ3n) is 5.57. The Morgan fingerprint density at radius 2 is 2.12 bits per heavy atom. The third kappa shape index (κ3) is 4.34. The Morgan fingerprint density at radius 3 is 2.97 bits per heavy atom. The number of methoxy groups -OCH3 is 1. The Hall–Kier alpha value is -3.30. The number of fused-ring (bicyclic) bond motifs is 3. The summed E-state index contributed by atoms with van der Waals surface area (Å²) in [5.74, 6) is 0.604. The van der Waals surface area contributed by atoms with Gasteiger partial charge in [0.05, 0.1) is 42.4 Å². The van der Waals surface area contributed by atoms with Gasteiger partial charge in [0, 0.05) is 17.5 Å². The standard InChI is InChI=1S/C24H22FN3O4S/c1-14-21(33-24(26-14)17-5-4-16(25)10-20(17)30-2)11-23(29)32-12-15-3-6-19-18(9-15)27-22-13-31-8-7-28(19)22/h3-6,9-10H,7-8,11-13H2,1-2H3. The number of imidazole rings is 1. The molecule has 170 valence electrons. The summed E-state index contributed by atoms with van der Waals surface area (Å²) in [7, 11) is 1.49. The van der Waals surface area contributed by atoms with Crippen LogP contribution in [0.1, 0.15) is 22.0 Å². The number of hydrogen-bond donors (Lipinski definition) is 0. The Balaban J connectivity index is 1.26. The number of aryl methyl sites for hydroxylation is 1. The molecule has 0 unspecified atom stereocenters. The average molecular weight is 468 g/mol. The molecule has 0 amide bonds. The molecule has 5 rings (SSSR count). The fourth-order valence-electron chi connectivity index (χ4n) is 3.89. The van der Waals surface area contributed by atoms with Gasteiger partial charge in [0.1, 0.15) is 35.6 Å². The van der Waals surface area contributed by atoms with Gasteiger partial charge in [-0.1, -0.05) is 6.07 Å². The second-order valence-corrected chi connectivity index (χ2v) is 8.85. The van der Waals surface area contributed by atoms with Crippen LogP contribution in [0.15, 0.2) is 36.4 Å². The summed E-state index contributed by atoms with van der Waals surface area (Å²) in [5, 5.41) is 0.672. The van der Waals surface area contributed by atoms with E-state index in [2.05, 4.69) is 14.5 Å². The van der Waals surface area contributed by atoms with E-state index < -0.39 is 0 Å². The minimum atomic E-state index is -0.380. The summed E-state index contributed by atoms with van der Waals surface area (Å²) in [4.78, 5) is 22.5. The lowest BCUT2D eigenvalue weighted by Crippen LogP contribution is -2.16. The van der Waals surface area contributed by atoms with Crippen molar-refractivity contribution in [3.63, 3.8) is 0 Å². The van der Waals surface area contributed by atoms with Crippen molar-refractivity contribution in [2.45, 2.75) is 33.1 Å². The molecule has 0 saturated heterocycles. The zero-order valence-corrected chi connectivity index (χ0v) is 19.1. The minimum Gasteiger partial charge on any atom is -0.496 e. The first kappa shape index (κ1) is 21.5. The molecule has 0 radical (unpaired) electrons. The van der Waals surface area contributed by atoms with E-state index in [1.54, 1.807) is 6.07 Å². The number of carbonyl (C=O) groups excluding carboxylic acids is 1. The summed E-state index contributed by atoms with van der Waals surface area (Å²) in [6, 6.07) is 10.2. The molecule has 1 aliphatic heterocycles. The highest BCUT2D eigenvalue weighted by Gasteiger charge is 2.18. The van der Waals surface area contributed by atoms with Gasteiger partial charge in [0.15, 0.2) is 0 Å². The van der Waals surface area contributed by atoms with Gasteiger partial charge in [-0.05, 0) is 36.8 Å². The van der Waals surface area contributed by atoms with Gasteiger partial charge >= 0.3 is 5.97 Å². The molecular weight excluding hydrogens is 445 g/mol. The number of halogens is 1. The number of carbonyl (C=O) groups is 1. The van der Waals surface area contributed by atoms with Crippen LogP contribution in [0.5, 0.6) is 5.75 Å². The molecule has 0 atom stereocenters. The molecule has 3 heterocycles. The third-order valence-corrected chi connectivity index (χ3v) is 6.76. The summed E-state index contributed by atoms with van der Waals surface area (Å²) in [5.41, 5.74) is 4.25. The van der Waals surface area contributed by atoms with Crippen molar-refractivity contribution < 1.29 is 23.4 Å². The first-order valence-corrected chi connectivity index (χ1v) is 11.3. The van der Waals surface area contributed by atoms with Gasteiger partial charge in [-0.2, -0.15) is 0 Å². The van der Waals surface area contributed by atoms with Crippen LogP contribution in [0.3, 0.4) is 0 Å². The Bertz CT molecular complexity index is 1350. The lowest BCUT2D eigenvalue weighted by molar-refractivity contribution is -0.144. The molecule has 0 bridgehead atoms. The molecule has 1 aliphatic rings. The van der Waals surface area contributed by atoms with E-state index in [4.69, 9.17) is 14.2 Å². The quantitative estimate of drug-likeness (QED) is 0.391. The van der Waals surface area contributed by atoms with Crippen LogP contribution in [-0.4, -0.2) is 34.2 Å².